The average Bonchev–Trinajstić information content (AvgIpc) is 2.96. The Bertz CT molecular complexity index is 417. The topological polar surface area (TPSA) is 16.1 Å². The van der Waals surface area contributed by atoms with Crippen molar-refractivity contribution in [3.63, 3.8) is 0 Å². The predicted molar refractivity (Wildman–Crippen MR) is 55.6 cm³/mol. The molecule has 94 valence electrons. The largest absolute Gasteiger partial charge is 0.405 e. The fourth-order valence-electron chi connectivity index (χ4n) is 1.57. The first-order valence-electron chi connectivity index (χ1n) is 5.01. The maximum Gasteiger partial charge on any atom is 0.405 e. The highest BCUT2D eigenvalue weighted by Crippen LogP contribution is 2.34. The highest BCUT2D eigenvalue weighted by atomic mass is 35.5. The first-order chi connectivity index (χ1) is 7.87. The van der Waals surface area contributed by atoms with Crippen LogP contribution in [-0.4, -0.2) is 23.7 Å². The van der Waals surface area contributed by atoms with Crippen molar-refractivity contribution in [2.45, 2.75) is 25.1 Å². The van der Waals surface area contributed by atoms with Crippen LogP contribution in [0.2, 0.25) is 5.02 Å². The molecule has 0 atom stereocenters. The van der Waals surface area contributed by atoms with Gasteiger partial charge >= 0.3 is 6.18 Å². The molecule has 0 unspecified atom stereocenters. The van der Waals surface area contributed by atoms with E-state index in [0.29, 0.717) is 12.8 Å². The summed E-state index contributed by atoms with van der Waals surface area (Å²) >= 11 is 5.51. The maximum absolute atomic E-state index is 13.5. The van der Waals surface area contributed by atoms with Gasteiger partial charge in [0.2, 0.25) is 0 Å². The van der Waals surface area contributed by atoms with Crippen molar-refractivity contribution in [3.8, 4) is 0 Å². The second-order valence-corrected chi connectivity index (χ2v) is 4.37. The van der Waals surface area contributed by atoms with Gasteiger partial charge in [-0.2, -0.15) is 13.2 Å². The highest BCUT2D eigenvalue weighted by Gasteiger charge is 2.39. The summed E-state index contributed by atoms with van der Waals surface area (Å²) in [5.41, 5.74) is 0. The van der Waals surface area contributed by atoms with Crippen LogP contribution in [0.25, 0.3) is 0 Å². The molecule has 1 aromatic heterocycles. The summed E-state index contributed by atoms with van der Waals surface area (Å²) in [7, 11) is 0. The van der Waals surface area contributed by atoms with E-state index in [1.54, 1.807) is 0 Å². The van der Waals surface area contributed by atoms with E-state index >= 15 is 0 Å². The zero-order valence-electron chi connectivity index (χ0n) is 8.64. The summed E-state index contributed by atoms with van der Waals surface area (Å²) in [6.45, 7) is -1.19. The molecule has 1 heterocycles. The van der Waals surface area contributed by atoms with Gasteiger partial charge in [-0.1, -0.05) is 11.6 Å². The number of nitrogens with zero attached hydrogens (tertiary/aromatic N) is 2. The van der Waals surface area contributed by atoms with Crippen LogP contribution in [0.3, 0.4) is 0 Å². The molecule has 0 N–H and O–H groups in total. The van der Waals surface area contributed by atoms with E-state index in [2.05, 4.69) is 4.98 Å². The van der Waals surface area contributed by atoms with E-state index < -0.39 is 18.5 Å². The Balaban J connectivity index is 2.26. The highest BCUT2D eigenvalue weighted by molar-refractivity contribution is 6.30. The molecule has 0 bridgehead atoms. The zero-order valence-corrected chi connectivity index (χ0v) is 9.39. The van der Waals surface area contributed by atoms with E-state index in [-0.39, 0.29) is 16.9 Å². The van der Waals surface area contributed by atoms with Gasteiger partial charge in [0.05, 0.1) is 5.02 Å². The van der Waals surface area contributed by atoms with E-state index in [1.807, 2.05) is 0 Å². The van der Waals surface area contributed by atoms with Crippen molar-refractivity contribution in [2.24, 2.45) is 0 Å². The lowest BCUT2D eigenvalue weighted by Gasteiger charge is -2.24. The van der Waals surface area contributed by atoms with Crippen LogP contribution in [0.5, 0.6) is 0 Å². The second kappa shape index (κ2) is 4.33. The third-order valence-electron chi connectivity index (χ3n) is 2.40. The van der Waals surface area contributed by atoms with Crippen molar-refractivity contribution < 1.29 is 17.6 Å². The summed E-state index contributed by atoms with van der Waals surface area (Å²) in [6.07, 6.45) is -1.98. The molecule has 2 rings (SSSR count). The Hall–Kier alpha value is -1.04. The van der Waals surface area contributed by atoms with Crippen LogP contribution in [-0.2, 0) is 0 Å². The molecule has 0 amide bonds. The molecule has 0 saturated heterocycles. The Morgan fingerprint density at radius 1 is 1.41 bits per heavy atom. The minimum Gasteiger partial charge on any atom is -0.342 e. The van der Waals surface area contributed by atoms with Crippen LogP contribution in [0.1, 0.15) is 12.8 Å². The molecule has 0 radical (unpaired) electrons. The lowest BCUT2D eigenvalue weighted by Crippen LogP contribution is -2.37. The maximum atomic E-state index is 13.5. The number of anilines is 1. The molecular formula is C10H9ClF4N2. The fourth-order valence-corrected chi connectivity index (χ4v) is 1.72. The number of hydrogen-bond acceptors (Lipinski definition) is 2. The van der Waals surface area contributed by atoms with E-state index in [0.717, 1.165) is 17.2 Å². The molecule has 0 aliphatic heterocycles. The standard InChI is InChI=1S/C10H9ClF4N2/c11-6-3-8(12)9(16-4-6)17(7-1-2-7)5-10(13,14)15/h3-4,7H,1-2,5H2. The molecule has 1 aromatic rings. The fraction of sp³-hybridized carbons (Fsp3) is 0.500. The van der Waals surface area contributed by atoms with Crippen molar-refractivity contribution >= 4 is 17.4 Å². The summed E-state index contributed by atoms with van der Waals surface area (Å²) in [5, 5.41) is 0.0639. The number of halogens is 5. The number of alkyl halides is 3. The Morgan fingerprint density at radius 2 is 2.06 bits per heavy atom. The van der Waals surface area contributed by atoms with Gasteiger partial charge in [0.25, 0.3) is 0 Å². The summed E-state index contributed by atoms with van der Waals surface area (Å²) < 4.78 is 50.6. The predicted octanol–water partition coefficient (Wildman–Crippen LogP) is 3.41. The number of pyridine rings is 1. The lowest BCUT2D eigenvalue weighted by molar-refractivity contribution is -0.120. The summed E-state index contributed by atoms with van der Waals surface area (Å²) in [4.78, 5) is 4.59. The van der Waals surface area contributed by atoms with Gasteiger partial charge in [0.15, 0.2) is 11.6 Å². The molecule has 1 aliphatic carbocycles. The smallest absolute Gasteiger partial charge is 0.342 e. The number of aromatic nitrogens is 1. The molecular weight excluding hydrogens is 260 g/mol. The lowest BCUT2D eigenvalue weighted by atomic mass is 10.3. The number of hydrogen-bond donors (Lipinski definition) is 0. The van der Waals surface area contributed by atoms with Gasteiger partial charge in [-0.05, 0) is 18.9 Å². The first-order valence-corrected chi connectivity index (χ1v) is 5.39. The molecule has 17 heavy (non-hydrogen) atoms. The SMILES string of the molecule is Fc1cc(Cl)cnc1N(CC(F)(F)F)C1CC1. The quantitative estimate of drug-likeness (QED) is 0.781. The third kappa shape index (κ3) is 3.21. The van der Waals surface area contributed by atoms with E-state index in [4.69, 9.17) is 11.6 Å². The second-order valence-electron chi connectivity index (χ2n) is 3.93. The minimum atomic E-state index is -4.38. The van der Waals surface area contributed by atoms with E-state index in [1.165, 1.54) is 0 Å². The van der Waals surface area contributed by atoms with E-state index in [9.17, 15) is 17.6 Å². The Labute approximate surface area is 100 Å². The Kier molecular flexibility index (Phi) is 3.16. The third-order valence-corrected chi connectivity index (χ3v) is 2.60. The molecule has 1 saturated carbocycles. The van der Waals surface area contributed by atoms with Crippen LogP contribution in [0, 0.1) is 5.82 Å². The summed E-state index contributed by atoms with van der Waals surface area (Å²) in [6, 6.07) is 0.690. The van der Waals surface area contributed by atoms with Gasteiger partial charge in [0.1, 0.15) is 6.54 Å². The molecule has 0 spiro atoms. The van der Waals surface area contributed by atoms with Gasteiger partial charge in [-0.15, -0.1) is 0 Å². The van der Waals surface area contributed by atoms with Crippen LogP contribution in [0.4, 0.5) is 23.4 Å². The van der Waals surface area contributed by atoms with Crippen LogP contribution < -0.4 is 4.90 Å². The number of rotatable bonds is 3. The van der Waals surface area contributed by atoms with Crippen molar-refractivity contribution in [1.29, 1.82) is 0 Å². The zero-order chi connectivity index (χ0) is 12.6. The first kappa shape index (κ1) is 12.4. The van der Waals surface area contributed by atoms with Gasteiger partial charge in [-0.3, -0.25) is 0 Å². The van der Waals surface area contributed by atoms with Crippen molar-refractivity contribution in [3.05, 3.63) is 23.1 Å². The van der Waals surface area contributed by atoms with Crippen molar-refractivity contribution in [2.75, 3.05) is 11.4 Å². The van der Waals surface area contributed by atoms with Crippen molar-refractivity contribution in [1.82, 2.24) is 4.98 Å². The van der Waals surface area contributed by atoms with Gasteiger partial charge < -0.3 is 4.90 Å². The summed E-state index contributed by atoms with van der Waals surface area (Å²) in [5.74, 6) is -1.11. The molecule has 0 aromatic carbocycles. The molecule has 2 nitrogen and oxygen atoms in total. The monoisotopic (exact) mass is 268 g/mol. The molecule has 7 heteroatoms. The van der Waals surface area contributed by atoms with Crippen LogP contribution >= 0.6 is 11.6 Å². The average molecular weight is 269 g/mol. The van der Waals surface area contributed by atoms with Gasteiger partial charge in [-0.25, -0.2) is 9.37 Å². The molecule has 1 aliphatic rings. The van der Waals surface area contributed by atoms with Gasteiger partial charge in [0, 0.05) is 12.2 Å². The van der Waals surface area contributed by atoms with Crippen LogP contribution in [0.15, 0.2) is 12.3 Å². The Morgan fingerprint density at radius 3 is 2.53 bits per heavy atom. The normalized spacial score (nSPS) is 16.1. The molecule has 1 fully saturated rings. The minimum absolute atomic E-state index is 0.0639.